The van der Waals surface area contributed by atoms with E-state index in [-0.39, 0.29) is 18.8 Å². The molecule has 23 heavy (non-hydrogen) atoms. The van der Waals surface area contributed by atoms with Gasteiger partial charge in [-0.3, -0.25) is 0 Å². The molecule has 0 spiro atoms. The number of unbranched alkanes of at least 4 members (excludes halogenated alkanes) is 2. The first-order valence-electron chi connectivity index (χ1n) is 7.84. The number of aliphatic hydroxyl groups is 1. The Morgan fingerprint density at radius 3 is 2.39 bits per heavy atom. The average Bonchev–Trinajstić information content (AvgIpc) is 2.58. The maximum absolute atomic E-state index is 11.2. The maximum atomic E-state index is 11.2. The van der Waals surface area contributed by atoms with Gasteiger partial charge in [0.25, 0.3) is 0 Å². The first kappa shape index (κ1) is 17.0. The smallest absolute Gasteiger partial charge is 0.336 e. The molecule has 0 fully saturated rings. The predicted octanol–water partition coefficient (Wildman–Crippen LogP) is 3.67. The van der Waals surface area contributed by atoms with Gasteiger partial charge >= 0.3 is 5.97 Å². The molecule has 0 aromatic heterocycles. The monoisotopic (exact) mass is 314 g/mol. The molecule has 2 N–H and O–H groups in total. The largest absolute Gasteiger partial charge is 0.489 e. The number of hydrogen-bond acceptors (Lipinski definition) is 3. The van der Waals surface area contributed by atoms with Crippen LogP contribution in [-0.2, 0) is 13.0 Å². The lowest BCUT2D eigenvalue weighted by Gasteiger charge is -2.09. The zero-order chi connectivity index (χ0) is 16.5. The van der Waals surface area contributed by atoms with Crippen molar-refractivity contribution in [2.75, 3.05) is 6.61 Å². The number of aromatic carboxylic acids is 1. The van der Waals surface area contributed by atoms with Crippen LogP contribution < -0.4 is 4.74 Å². The summed E-state index contributed by atoms with van der Waals surface area (Å²) in [5.41, 5.74) is 2.17. The Kier molecular flexibility index (Phi) is 6.63. The van der Waals surface area contributed by atoms with Crippen LogP contribution in [0.15, 0.2) is 48.5 Å². The highest BCUT2D eigenvalue weighted by atomic mass is 16.5. The summed E-state index contributed by atoms with van der Waals surface area (Å²) in [6, 6.07) is 14.7. The summed E-state index contributed by atoms with van der Waals surface area (Å²) in [5.74, 6) is -0.216. The third-order valence-electron chi connectivity index (χ3n) is 3.69. The van der Waals surface area contributed by atoms with E-state index in [0.717, 1.165) is 31.4 Å². The van der Waals surface area contributed by atoms with E-state index in [2.05, 4.69) is 0 Å². The van der Waals surface area contributed by atoms with Crippen molar-refractivity contribution in [1.29, 1.82) is 0 Å². The number of carbonyl (C=O) groups is 1. The van der Waals surface area contributed by atoms with Gasteiger partial charge in [0.2, 0.25) is 0 Å². The van der Waals surface area contributed by atoms with E-state index in [1.165, 1.54) is 5.56 Å². The molecule has 4 nitrogen and oxygen atoms in total. The van der Waals surface area contributed by atoms with Gasteiger partial charge in [-0.1, -0.05) is 36.8 Å². The van der Waals surface area contributed by atoms with E-state index < -0.39 is 5.97 Å². The van der Waals surface area contributed by atoms with Crippen molar-refractivity contribution in [2.24, 2.45) is 0 Å². The molecule has 0 unspecified atom stereocenters. The quantitative estimate of drug-likeness (QED) is 0.693. The lowest BCUT2D eigenvalue weighted by atomic mass is 10.1. The van der Waals surface area contributed by atoms with Crippen molar-refractivity contribution in [3.05, 3.63) is 65.2 Å². The second-order valence-electron chi connectivity index (χ2n) is 5.43. The molecule has 0 saturated carbocycles. The molecule has 122 valence electrons. The van der Waals surface area contributed by atoms with Crippen molar-refractivity contribution in [3.8, 4) is 5.75 Å². The van der Waals surface area contributed by atoms with Crippen LogP contribution in [0, 0.1) is 0 Å². The van der Waals surface area contributed by atoms with Crippen LogP contribution in [-0.4, -0.2) is 22.8 Å². The zero-order valence-electron chi connectivity index (χ0n) is 13.1. The fourth-order valence-corrected chi connectivity index (χ4v) is 2.39. The molecule has 0 amide bonds. The molecule has 0 aliphatic rings. The molecule has 2 rings (SSSR count). The number of carboxylic acids is 1. The summed E-state index contributed by atoms with van der Waals surface area (Å²) in [6.45, 7) is 0.489. The lowest BCUT2D eigenvalue weighted by molar-refractivity contribution is 0.0694. The average molecular weight is 314 g/mol. The highest BCUT2D eigenvalue weighted by Gasteiger charge is 2.09. The fraction of sp³-hybridized carbons (Fsp3) is 0.316. The second-order valence-corrected chi connectivity index (χ2v) is 5.43. The van der Waals surface area contributed by atoms with E-state index in [1.807, 2.05) is 24.3 Å². The highest BCUT2D eigenvalue weighted by molar-refractivity contribution is 5.89. The third kappa shape index (κ3) is 5.42. The molecule has 0 aliphatic carbocycles. The van der Waals surface area contributed by atoms with Crippen molar-refractivity contribution < 1.29 is 19.7 Å². The number of aliphatic hydroxyl groups excluding tert-OH is 1. The molecule has 0 saturated heterocycles. The minimum absolute atomic E-state index is 0.234. The van der Waals surface area contributed by atoms with Crippen molar-refractivity contribution >= 4 is 5.97 Å². The number of aryl methyl sites for hydroxylation is 1. The van der Waals surface area contributed by atoms with Gasteiger partial charge in [0, 0.05) is 12.2 Å². The molecular weight excluding hydrogens is 292 g/mol. The Labute approximate surface area is 136 Å². The summed E-state index contributed by atoms with van der Waals surface area (Å²) in [6.07, 6.45) is 3.93. The van der Waals surface area contributed by atoms with Gasteiger partial charge < -0.3 is 14.9 Å². The molecule has 4 heteroatoms. The normalized spacial score (nSPS) is 10.5. The van der Waals surface area contributed by atoms with Crippen molar-refractivity contribution in [3.63, 3.8) is 0 Å². The van der Waals surface area contributed by atoms with Gasteiger partial charge in [-0.05, 0) is 43.0 Å². The summed E-state index contributed by atoms with van der Waals surface area (Å²) in [4.78, 5) is 11.2. The van der Waals surface area contributed by atoms with E-state index in [1.54, 1.807) is 24.3 Å². The Morgan fingerprint density at radius 2 is 1.70 bits per heavy atom. The predicted molar refractivity (Wildman–Crippen MR) is 88.8 cm³/mol. The van der Waals surface area contributed by atoms with Crippen LogP contribution in [0.3, 0.4) is 0 Å². The van der Waals surface area contributed by atoms with Crippen LogP contribution in [0.25, 0.3) is 0 Å². The topological polar surface area (TPSA) is 66.8 Å². The van der Waals surface area contributed by atoms with Gasteiger partial charge in [-0.25, -0.2) is 4.79 Å². The molecule has 0 aliphatic heterocycles. The maximum Gasteiger partial charge on any atom is 0.336 e. The first-order valence-corrected chi connectivity index (χ1v) is 7.84. The fourth-order valence-electron chi connectivity index (χ4n) is 2.39. The summed E-state index contributed by atoms with van der Waals surface area (Å²) in [7, 11) is 0. The molecule has 0 atom stereocenters. The van der Waals surface area contributed by atoms with Gasteiger partial charge in [0.1, 0.15) is 12.4 Å². The SMILES string of the molecule is O=C(O)c1ccccc1COc1ccc(CCCCCO)cc1. The van der Waals surface area contributed by atoms with Crippen molar-refractivity contribution in [1.82, 2.24) is 0 Å². The van der Waals surface area contributed by atoms with Crippen LogP contribution in [0.5, 0.6) is 5.75 Å². The first-order chi connectivity index (χ1) is 11.2. The van der Waals surface area contributed by atoms with Gasteiger partial charge in [-0.2, -0.15) is 0 Å². The van der Waals surface area contributed by atoms with Gasteiger partial charge in [0.05, 0.1) is 5.56 Å². The zero-order valence-corrected chi connectivity index (χ0v) is 13.1. The van der Waals surface area contributed by atoms with E-state index in [0.29, 0.717) is 5.56 Å². The number of rotatable bonds is 9. The molecule has 2 aromatic carbocycles. The number of ether oxygens (including phenoxy) is 1. The second kappa shape index (κ2) is 8.96. The summed E-state index contributed by atoms with van der Waals surface area (Å²) in [5, 5.41) is 17.9. The van der Waals surface area contributed by atoms with Crippen LogP contribution >= 0.6 is 0 Å². The Balaban J connectivity index is 1.88. The van der Waals surface area contributed by atoms with Gasteiger partial charge in [0.15, 0.2) is 0 Å². The van der Waals surface area contributed by atoms with Crippen LogP contribution in [0.1, 0.15) is 40.7 Å². The molecule has 0 radical (unpaired) electrons. The Hall–Kier alpha value is -2.33. The van der Waals surface area contributed by atoms with E-state index in [4.69, 9.17) is 14.9 Å². The molecule has 0 heterocycles. The highest BCUT2D eigenvalue weighted by Crippen LogP contribution is 2.17. The summed E-state index contributed by atoms with van der Waals surface area (Å²) < 4.78 is 5.68. The number of hydrogen-bond donors (Lipinski definition) is 2. The minimum Gasteiger partial charge on any atom is -0.489 e. The van der Waals surface area contributed by atoms with Crippen molar-refractivity contribution in [2.45, 2.75) is 32.3 Å². The Morgan fingerprint density at radius 1 is 0.957 bits per heavy atom. The number of benzene rings is 2. The third-order valence-corrected chi connectivity index (χ3v) is 3.69. The molecule has 2 aromatic rings. The number of carboxylic acid groups (broad SMARTS) is 1. The molecule has 0 bridgehead atoms. The van der Waals surface area contributed by atoms with Crippen LogP contribution in [0.2, 0.25) is 0 Å². The minimum atomic E-state index is -0.942. The van der Waals surface area contributed by atoms with Crippen LogP contribution in [0.4, 0.5) is 0 Å². The van der Waals surface area contributed by atoms with E-state index >= 15 is 0 Å². The van der Waals surface area contributed by atoms with Gasteiger partial charge in [-0.15, -0.1) is 0 Å². The molecular formula is C19H22O4. The van der Waals surface area contributed by atoms with E-state index in [9.17, 15) is 4.79 Å². The standard InChI is InChI=1S/C19H22O4/c20-13-5-1-2-6-15-9-11-17(12-10-15)23-14-16-7-3-4-8-18(16)19(21)22/h3-4,7-12,20H,1-2,5-6,13-14H2,(H,21,22). The summed E-state index contributed by atoms with van der Waals surface area (Å²) >= 11 is 0. The Bertz CT molecular complexity index is 620. The lowest BCUT2D eigenvalue weighted by Crippen LogP contribution is -2.05.